The van der Waals surface area contributed by atoms with Gasteiger partial charge in [0.15, 0.2) is 28.4 Å². The molecule has 2 bridgehead atoms. The van der Waals surface area contributed by atoms with Gasteiger partial charge in [0, 0.05) is 12.5 Å². The van der Waals surface area contributed by atoms with E-state index in [1.807, 2.05) is 0 Å². The van der Waals surface area contributed by atoms with Crippen LogP contribution in [-0.4, -0.2) is 24.9 Å². The number of fused-ring (bicyclic) bond motifs is 2. The summed E-state index contributed by atoms with van der Waals surface area (Å²) in [4.78, 5) is 4.47. The highest BCUT2D eigenvalue weighted by Gasteiger charge is 2.43. The van der Waals surface area contributed by atoms with Crippen LogP contribution >= 0.6 is 11.8 Å². The Balaban J connectivity index is 1.35. The number of ether oxygens (including phenoxy) is 1. The molecule has 176 valence electrons. The Morgan fingerprint density at radius 1 is 1.24 bits per heavy atom. The molecule has 2 aliphatic rings. The molecular formula is C24H30FN5O2S. The number of aryl methyl sites for hydroxylation is 1. The summed E-state index contributed by atoms with van der Waals surface area (Å²) in [5.74, 6) is 4.65. The lowest BCUT2D eigenvalue weighted by Crippen LogP contribution is -2.24. The van der Waals surface area contributed by atoms with Crippen molar-refractivity contribution in [1.82, 2.24) is 24.9 Å². The molecule has 4 atom stereocenters. The molecule has 33 heavy (non-hydrogen) atoms. The number of hydrogen-bond acceptors (Lipinski definition) is 7. The number of aromatic nitrogens is 5. The van der Waals surface area contributed by atoms with Crippen molar-refractivity contribution in [3.05, 3.63) is 47.6 Å². The maximum atomic E-state index is 14.1. The molecule has 2 saturated carbocycles. The molecule has 2 heterocycles. The number of para-hydroxylation sites is 1. The minimum Gasteiger partial charge on any atom is -0.483 e. The first-order chi connectivity index (χ1) is 16.1. The fraction of sp³-hybridized carbons (Fsp3) is 0.583. The summed E-state index contributed by atoms with van der Waals surface area (Å²) in [5.41, 5.74) is 0. The minimum atomic E-state index is -0.376. The van der Waals surface area contributed by atoms with Gasteiger partial charge in [-0.05, 0) is 62.5 Å². The summed E-state index contributed by atoms with van der Waals surface area (Å²) in [6.07, 6.45) is 7.05. The molecule has 0 N–H and O–H groups in total. The molecule has 2 fully saturated rings. The van der Waals surface area contributed by atoms with Crippen molar-refractivity contribution in [1.29, 1.82) is 0 Å². The third-order valence-electron chi connectivity index (χ3n) is 7.06. The number of thioether (sulfide) groups is 1. The normalized spacial score (nSPS) is 22.7. The van der Waals surface area contributed by atoms with Crippen molar-refractivity contribution >= 4 is 11.8 Å². The first-order valence-electron chi connectivity index (χ1n) is 11.9. The Bertz CT molecular complexity index is 1090. The van der Waals surface area contributed by atoms with Gasteiger partial charge in [-0.3, -0.25) is 4.57 Å². The lowest BCUT2D eigenvalue weighted by atomic mass is 9.84. The van der Waals surface area contributed by atoms with E-state index in [4.69, 9.17) is 9.26 Å². The number of hydrogen-bond donors (Lipinski definition) is 0. The topological polar surface area (TPSA) is 78.9 Å². The second kappa shape index (κ2) is 9.83. The second-order valence-electron chi connectivity index (χ2n) is 9.21. The molecule has 0 spiro atoms. The van der Waals surface area contributed by atoms with Gasteiger partial charge >= 0.3 is 0 Å². The maximum Gasteiger partial charge on any atom is 0.237 e. The molecule has 0 aliphatic heterocycles. The standard InChI is InChI=1S/C24H30FN5O2S/c1-3-6-21-26-23(32-29-21)14-33-24-28-27-22(13-31-20-8-5-4-7-19(20)25)30(24)15(2)18-12-16-9-10-17(18)11-16/h4-5,7-8,15-18H,3,6,9-14H2,1-2H3. The maximum absolute atomic E-state index is 14.1. The second-order valence-corrected chi connectivity index (χ2v) is 10.2. The van der Waals surface area contributed by atoms with Gasteiger partial charge in [-0.2, -0.15) is 4.98 Å². The number of halogens is 1. The predicted octanol–water partition coefficient (Wildman–Crippen LogP) is 5.62. The molecule has 3 aromatic rings. The predicted molar refractivity (Wildman–Crippen MR) is 122 cm³/mol. The summed E-state index contributed by atoms with van der Waals surface area (Å²) >= 11 is 1.55. The number of rotatable bonds is 10. The molecule has 4 unspecified atom stereocenters. The quantitative estimate of drug-likeness (QED) is 0.355. The zero-order valence-electron chi connectivity index (χ0n) is 19.1. The molecule has 7 nitrogen and oxygen atoms in total. The SMILES string of the molecule is CCCc1noc(CSc2nnc(COc3ccccc3F)n2C(C)C2CC3CCC2C3)n1. The van der Waals surface area contributed by atoms with Gasteiger partial charge < -0.3 is 9.26 Å². The van der Waals surface area contributed by atoms with Crippen LogP contribution < -0.4 is 4.74 Å². The van der Waals surface area contributed by atoms with Crippen molar-refractivity contribution in [3.63, 3.8) is 0 Å². The van der Waals surface area contributed by atoms with Crippen molar-refractivity contribution in [2.75, 3.05) is 0 Å². The zero-order chi connectivity index (χ0) is 22.8. The third-order valence-corrected chi connectivity index (χ3v) is 7.98. The van der Waals surface area contributed by atoms with Crippen molar-refractivity contribution in [3.8, 4) is 5.75 Å². The number of nitrogens with zero attached hydrogens (tertiary/aromatic N) is 5. The molecule has 2 aromatic heterocycles. The Labute approximate surface area is 197 Å². The van der Waals surface area contributed by atoms with Crippen LogP contribution in [0.1, 0.15) is 69.5 Å². The molecule has 2 aliphatic carbocycles. The van der Waals surface area contributed by atoms with E-state index in [0.717, 1.165) is 35.7 Å². The van der Waals surface area contributed by atoms with Crippen LogP contribution in [0.5, 0.6) is 5.75 Å². The van der Waals surface area contributed by atoms with Gasteiger partial charge in [-0.15, -0.1) is 10.2 Å². The molecule has 0 saturated heterocycles. The van der Waals surface area contributed by atoms with Crippen molar-refractivity contribution in [2.45, 2.75) is 75.9 Å². The van der Waals surface area contributed by atoms with Crippen LogP contribution in [0.3, 0.4) is 0 Å². The van der Waals surface area contributed by atoms with Crippen LogP contribution in [0, 0.1) is 23.6 Å². The smallest absolute Gasteiger partial charge is 0.237 e. The van der Waals surface area contributed by atoms with Gasteiger partial charge in [0.2, 0.25) is 5.89 Å². The summed E-state index contributed by atoms with van der Waals surface area (Å²) in [6, 6.07) is 6.69. The molecule has 0 radical (unpaired) electrons. The Morgan fingerprint density at radius 2 is 2.12 bits per heavy atom. The summed E-state index contributed by atoms with van der Waals surface area (Å²) in [7, 11) is 0. The van der Waals surface area contributed by atoms with E-state index in [1.54, 1.807) is 30.0 Å². The third kappa shape index (κ3) is 4.78. The van der Waals surface area contributed by atoms with E-state index < -0.39 is 0 Å². The number of benzene rings is 1. The van der Waals surface area contributed by atoms with E-state index in [0.29, 0.717) is 23.4 Å². The minimum absolute atomic E-state index is 0.168. The fourth-order valence-corrected chi connectivity index (χ4v) is 6.37. The van der Waals surface area contributed by atoms with Crippen LogP contribution in [0.15, 0.2) is 33.9 Å². The molecular weight excluding hydrogens is 441 g/mol. The van der Waals surface area contributed by atoms with Crippen LogP contribution in [0.4, 0.5) is 4.39 Å². The molecule has 9 heteroatoms. The van der Waals surface area contributed by atoms with Crippen LogP contribution in [0.2, 0.25) is 0 Å². The van der Waals surface area contributed by atoms with Gasteiger partial charge in [0.05, 0.1) is 5.75 Å². The van der Waals surface area contributed by atoms with Gasteiger partial charge in [0.25, 0.3) is 0 Å². The van der Waals surface area contributed by atoms with Gasteiger partial charge in [-0.1, -0.05) is 42.4 Å². The monoisotopic (exact) mass is 471 g/mol. The van der Waals surface area contributed by atoms with E-state index in [2.05, 4.69) is 38.8 Å². The van der Waals surface area contributed by atoms with Crippen molar-refractivity contribution in [2.24, 2.45) is 17.8 Å². The van der Waals surface area contributed by atoms with Gasteiger partial charge in [-0.25, -0.2) is 4.39 Å². The van der Waals surface area contributed by atoms with E-state index >= 15 is 0 Å². The van der Waals surface area contributed by atoms with Crippen LogP contribution in [0.25, 0.3) is 0 Å². The molecule has 1 aromatic carbocycles. The summed E-state index contributed by atoms with van der Waals surface area (Å²) in [6.45, 7) is 4.52. The van der Waals surface area contributed by atoms with Crippen molar-refractivity contribution < 1.29 is 13.7 Å². The largest absolute Gasteiger partial charge is 0.483 e. The summed E-state index contributed by atoms with van der Waals surface area (Å²) in [5, 5.41) is 13.8. The Hall–Kier alpha value is -2.42. The Kier molecular flexibility index (Phi) is 6.66. The van der Waals surface area contributed by atoms with E-state index in [9.17, 15) is 4.39 Å². The van der Waals surface area contributed by atoms with Gasteiger partial charge in [0.1, 0.15) is 6.61 Å². The highest BCUT2D eigenvalue weighted by molar-refractivity contribution is 7.98. The zero-order valence-corrected chi connectivity index (χ0v) is 19.9. The highest BCUT2D eigenvalue weighted by atomic mass is 32.2. The average Bonchev–Trinajstić information content (AvgIpc) is 3.61. The first kappa shape index (κ1) is 22.4. The van der Waals surface area contributed by atoms with E-state index in [1.165, 1.54) is 31.7 Å². The highest BCUT2D eigenvalue weighted by Crippen LogP contribution is 2.52. The lowest BCUT2D eigenvalue weighted by molar-refractivity contribution is 0.215. The first-order valence-corrected chi connectivity index (χ1v) is 12.9. The van der Waals surface area contributed by atoms with E-state index in [-0.39, 0.29) is 24.2 Å². The lowest BCUT2D eigenvalue weighted by Gasteiger charge is -2.30. The average molecular weight is 472 g/mol. The summed E-state index contributed by atoms with van der Waals surface area (Å²) < 4.78 is 27.5. The molecule has 0 amide bonds. The Morgan fingerprint density at radius 3 is 2.88 bits per heavy atom. The van der Waals surface area contributed by atoms with Crippen LogP contribution in [-0.2, 0) is 18.8 Å². The fourth-order valence-electron chi connectivity index (χ4n) is 5.49. The molecule has 5 rings (SSSR count).